The minimum absolute atomic E-state index is 0.0489. The lowest BCUT2D eigenvalue weighted by atomic mass is 9.62. The number of epoxide rings is 1. The van der Waals surface area contributed by atoms with Crippen LogP contribution in [0.2, 0.25) is 0 Å². The van der Waals surface area contributed by atoms with Gasteiger partial charge >= 0.3 is 5.97 Å². The van der Waals surface area contributed by atoms with Gasteiger partial charge in [0.1, 0.15) is 29.8 Å². The fourth-order valence-electron chi connectivity index (χ4n) is 8.79. The SMILES string of the molecule is O=C1O[C@@H]2C[C@@]3(C(=O)NCCO)[C@H](ON(Cc4ccc(C=CC5CCC6OC6C5)cc4)[C@@H]13)[C@H]1OC(c3ccccc3)(c3ccccc3)O[C@H]12. The summed E-state index contributed by atoms with van der Waals surface area (Å²) in [6.45, 7) is 0.0693. The third-order valence-electron chi connectivity index (χ3n) is 11.2. The van der Waals surface area contributed by atoms with Gasteiger partial charge in [-0.15, -0.1) is 0 Å². The highest BCUT2D eigenvalue weighted by molar-refractivity contribution is 5.93. The molecule has 49 heavy (non-hydrogen) atoms. The maximum atomic E-state index is 14.2. The van der Waals surface area contributed by atoms with Gasteiger partial charge in [-0.25, -0.2) is 0 Å². The first kappa shape index (κ1) is 31.1. The molecule has 1 amide bonds. The van der Waals surface area contributed by atoms with Gasteiger partial charge in [-0.2, -0.15) is 5.06 Å². The average Bonchev–Trinajstić information content (AvgIpc) is 3.66. The van der Waals surface area contributed by atoms with E-state index in [0.717, 1.165) is 41.5 Å². The number of ether oxygens (including phenoxy) is 4. The number of esters is 1. The number of allylic oxidation sites excluding steroid dienone is 1. The monoisotopic (exact) mass is 664 g/mol. The Morgan fingerprint density at radius 2 is 1.61 bits per heavy atom. The molecule has 10 nitrogen and oxygen atoms in total. The van der Waals surface area contributed by atoms with Crippen molar-refractivity contribution < 1.29 is 38.5 Å². The highest BCUT2D eigenvalue weighted by atomic mass is 16.8. The molecular weight excluding hydrogens is 624 g/mol. The van der Waals surface area contributed by atoms with Crippen LogP contribution in [0.15, 0.2) is 91.0 Å². The van der Waals surface area contributed by atoms with Gasteiger partial charge in [0.25, 0.3) is 0 Å². The van der Waals surface area contributed by atoms with Crippen molar-refractivity contribution in [3.8, 4) is 0 Å². The molecule has 0 spiro atoms. The molecule has 2 bridgehead atoms. The first-order chi connectivity index (χ1) is 24.0. The minimum atomic E-state index is -1.32. The smallest absolute Gasteiger partial charge is 0.327 e. The number of amides is 1. The third-order valence-corrected chi connectivity index (χ3v) is 11.2. The molecule has 2 saturated carbocycles. The molecule has 9 atom stereocenters. The molecule has 6 aliphatic rings. The Hall–Kier alpha value is -3.90. The summed E-state index contributed by atoms with van der Waals surface area (Å²) in [7, 11) is 0. The van der Waals surface area contributed by atoms with E-state index >= 15 is 0 Å². The number of carbonyl (C=O) groups is 2. The normalized spacial score (nSPS) is 35.4. The molecule has 254 valence electrons. The van der Waals surface area contributed by atoms with Crippen LogP contribution in [-0.4, -0.2) is 77.9 Å². The number of aliphatic hydroxyl groups excluding tert-OH is 1. The van der Waals surface area contributed by atoms with Crippen molar-refractivity contribution in [3.05, 3.63) is 113 Å². The van der Waals surface area contributed by atoms with Crippen LogP contribution in [0.1, 0.15) is 47.9 Å². The van der Waals surface area contributed by atoms with Gasteiger partial charge < -0.3 is 29.4 Å². The largest absolute Gasteiger partial charge is 0.458 e. The molecule has 2 aliphatic carbocycles. The van der Waals surface area contributed by atoms with Crippen molar-refractivity contribution in [1.82, 2.24) is 10.4 Å². The van der Waals surface area contributed by atoms with Gasteiger partial charge in [0, 0.05) is 24.1 Å². The summed E-state index contributed by atoms with van der Waals surface area (Å²) in [5, 5.41) is 14.0. The fraction of sp³-hybridized carbons (Fsp3) is 0.436. The Labute approximate surface area is 284 Å². The number of carbonyl (C=O) groups excluding carboxylic acids is 2. The maximum Gasteiger partial charge on any atom is 0.327 e. The van der Waals surface area contributed by atoms with Crippen LogP contribution in [0.25, 0.3) is 6.08 Å². The van der Waals surface area contributed by atoms with E-state index in [9.17, 15) is 14.7 Å². The zero-order valence-electron chi connectivity index (χ0n) is 27.1. The molecule has 9 rings (SSSR count). The van der Waals surface area contributed by atoms with Crippen molar-refractivity contribution in [2.24, 2.45) is 11.3 Å². The lowest BCUT2D eigenvalue weighted by Crippen LogP contribution is -2.69. The van der Waals surface area contributed by atoms with Crippen LogP contribution in [0.5, 0.6) is 0 Å². The molecular formula is C39H40N2O8. The van der Waals surface area contributed by atoms with Crippen molar-refractivity contribution >= 4 is 18.0 Å². The van der Waals surface area contributed by atoms with Gasteiger partial charge in [0.2, 0.25) is 11.7 Å². The van der Waals surface area contributed by atoms with E-state index in [1.807, 2.05) is 72.8 Å². The highest BCUT2D eigenvalue weighted by Crippen LogP contribution is 2.59. The summed E-state index contributed by atoms with van der Waals surface area (Å²) in [6.07, 6.45) is 5.93. The third kappa shape index (κ3) is 5.16. The molecule has 4 aliphatic heterocycles. The van der Waals surface area contributed by atoms with E-state index in [2.05, 4.69) is 29.6 Å². The summed E-state index contributed by atoms with van der Waals surface area (Å²) < 4.78 is 25.7. The van der Waals surface area contributed by atoms with Gasteiger partial charge in [0.15, 0.2) is 6.04 Å². The number of hydrogen-bond donors (Lipinski definition) is 2. The van der Waals surface area contributed by atoms with E-state index in [0.29, 0.717) is 18.1 Å². The summed E-state index contributed by atoms with van der Waals surface area (Å²) in [5.41, 5.74) is 2.26. The molecule has 3 aromatic rings. The number of hydrogen-bond acceptors (Lipinski definition) is 9. The molecule has 3 unspecified atom stereocenters. The van der Waals surface area contributed by atoms with Crippen molar-refractivity contribution in [1.29, 1.82) is 0 Å². The average molecular weight is 665 g/mol. The molecule has 4 heterocycles. The second kappa shape index (κ2) is 12.2. The van der Waals surface area contributed by atoms with Gasteiger partial charge in [-0.05, 0) is 36.3 Å². The Kier molecular flexibility index (Phi) is 7.72. The standard InChI is InChI=1S/C39H40N2O8/c42-20-19-40-37(44)38-22-31-32-33(48-39(47-32,27-7-3-1-4-8-27)28-9-5-2-6-10-28)35(38)49-41(34(38)36(43)46-31)23-26-15-12-24(13-16-26)11-14-25-17-18-29-30(21-25)45-29/h1-16,25,29-35,42H,17-23H2,(H,40,44)/t25?,29?,30?,31-,32+,33+,34+,35-,38+/m1/s1. The van der Waals surface area contributed by atoms with Gasteiger partial charge in [-0.3, -0.25) is 14.4 Å². The van der Waals surface area contributed by atoms with Gasteiger partial charge in [-0.1, -0.05) is 97.1 Å². The van der Waals surface area contributed by atoms with Crippen LogP contribution < -0.4 is 5.32 Å². The zero-order chi connectivity index (χ0) is 33.2. The number of fused-ring (bicyclic) bond motifs is 5. The van der Waals surface area contributed by atoms with E-state index < -0.39 is 47.6 Å². The van der Waals surface area contributed by atoms with Crippen LogP contribution in [0.4, 0.5) is 0 Å². The number of nitrogens with one attached hydrogen (secondary N) is 1. The van der Waals surface area contributed by atoms with E-state index in [1.54, 1.807) is 5.06 Å². The summed E-state index contributed by atoms with van der Waals surface area (Å²) in [6, 6.07) is 26.5. The van der Waals surface area contributed by atoms with Crippen LogP contribution in [0.3, 0.4) is 0 Å². The number of rotatable bonds is 9. The fourth-order valence-corrected chi connectivity index (χ4v) is 8.79. The molecule has 6 fully saturated rings. The zero-order valence-corrected chi connectivity index (χ0v) is 27.1. The Balaban J connectivity index is 1.03. The maximum absolute atomic E-state index is 14.2. The van der Waals surface area contributed by atoms with Crippen LogP contribution in [-0.2, 0) is 45.7 Å². The predicted molar refractivity (Wildman–Crippen MR) is 176 cm³/mol. The number of nitrogens with zero attached hydrogens (tertiary/aromatic N) is 1. The molecule has 0 radical (unpaired) electrons. The Morgan fingerprint density at radius 1 is 0.898 bits per heavy atom. The first-order valence-corrected chi connectivity index (χ1v) is 17.4. The number of hydroxylamine groups is 2. The molecule has 4 saturated heterocycles. The molecule has 10 heteroatoms. The topological polar surface area (TPSA) is 119 Å². The van der Waals surface area contributed by atoms with E-state index in [4.69, 9.17) is 23.8 Å². The van der Waals surface area contributed by atoms with E-state index in [-0.39, 0.29) is 32.0 Å². The quantitative estimate of drug-likeness (QED) is 0.260. The van der Waals surface area contributed by atoms with Crippen LogP contribution in [0, 0.1) is 11.3 Å². The van der Waals surface area contributed by atoms with Crippen LogP contribution >= 0.6 is 0 Å². The second-order valence-corrected chi connectivity index (χ2v) is 14.1. The molecule has 2 N–H and O–H groups in total. The first-order valence-electron chi connectivity index (χ1n) is 17.4. The Morgan fingerprint density at radius 3 is 2.31 bits per heavy atom. The molecule has 3 aromatic carbocycles. The lowest BCUT2D eigenvalue weighted by Gasteiger charge is -2.48. The number of benzene rings is 3. The lowest BCUT2D eigenvalue weighted by molar-refractivity contribution is -0.213. The van der Waals surface area contributed by atoms with Crippen molar-refractivity contribution in [3.63, 3.8) is 0 Å². The predicted octanol–water partition coefficient (Wildman–Crippen LogP) is 3.86. The molecule has 0 aromatic heterocycles. The summed E-state index contributed by atoms with van der Waals surface area (Å²) in [5.74, 6) is -1.69. The van der Waals surface area contributed by atoms with Crippen molar-refractivity contribution in [2.45, 2.75) is 80.7 Å². The Bertz CT molecular complexity index is 1700. The van der Waals surface area contributed by atoms with Gasteiger partial charge in [0.05, 0.1) is 25.4 Å². The summed E-state index contributed by atoms with van der Waals surface area (Å²) in [4.78, 5) is 34.9. The minimum Gasteiger partial charge on any atom is -0.458 e. The summed E-state index contributed by atoms with van der Waals surface area (Å²) >= 11 is 0. The number of aliphatic hydroxyl groups is 1. The highest BCUT2D eigenvalue weighted by Gasteiger charge is 2.76. The van der Waals surface area contributed by atoms with Crippen molar-refractivity contribution in [2.75, 3.05) is 13.2 Å². The van der Waals surface area contributed by atoms with E-state index in [1.165, 1.54) is 0 Å². The second-order valence-electron chi connectivity index (χ2n) is 14.1.